The van der Waals surface area contributed by atoms with Crippen molar-refractivity contribution in [2.24, 2.45) is 0 Å². The molecule has 2 aromatic carbocycles. The summed E-state index contributed by atoms with van der Waals surface area (Å²) >= 11 is 1.26. The minimum Gasteiger partial charge on any atom is -0.497 e. The molecule has 0 aliphatic carbocycles. The van der Waals surface area contributed by atoms with Gasteiger partial charge in [-0.3, -0.25) is 4.79 Å². The van der Waals surface area contributed by atoms with Crippen LogP contribution in [0.25, 0.3) is 15.5 Å². The smallest absolute Gasteiger partial charge is 0.340 e. The third-order valence-electron chi connectivity index (χ3n) is 4.74. The number of nitrogens with one attached hydrogen (secondary N) is 2. The zero-order valence-electron chi connectivity index (χ0n) is 18.4. The minimum atomic E-state index is -0.554. The van der Waals surface area contributed by atoms with Gasteiger partial charge in [-0.1, -0.05) is 23.5 Å². The number of carbonyl (C=O) groups excluding carboxylic acids is 2. The number of rotatable bonds is 7. The van der Waals surface area contributed by atoms with Crippen LogP contribution in [0.2, 0.25) is 0 Å². The number of carbonyl (C=O) groups is 2. The summed E-state index contributed by atoms with van der Waals surface area (Å²) in [7, 11) is 1.59. The molecule has 0 spiro atoms. The van der Waals surface area contributed by atoms with Crippen LogP contribution in [0.3, 0.4) is 0 Å². The van der Waals surface area contributed by atoms with Gasteiger partial charge in [0.15, 0.2) is 0 Å². The topological polar surface area (TPSA) is 124 Å². The maximum Gasteiger partial charge on any atom is 0.340 e. The lowest BCUT2D eigenvalue weighted by Gasteiger charge is -2.11. The molecule has 4 rings (SSSR count). The highest BCUT2D eigenvalue weighted by molar-refractivity contribution is 7.19. The number of methoxy groups -OCH3 is 1. The van der Waals surface area contributed by atoms with E-state index in [9.17, 15) is 14.4 Å². The van der Waals surface area contributed by atoms with Gasteiger partial charge < -0.3 is 20.1 Å². The second-order valence-corrected chi connectivity index (χ2v) is 7.95. The van der Waals surface area contributed by atoms with E-state index in [0.29, 0.717) is 21.3 Å². The second-order valence-electron chi connectivity index (χ2n) is 6.99. The molecule has 0 fully saturated rings. The third kappa shape index (κ3) is 5.04. The van der Waals surface area contributed by atoms with Crippen molar-refractivity contribution in [1.29, 1.82) is 0 Å². The van der Waals surface area contributed by atoms with E-state index in [0.717, 1.165) is 11.3 Å². The van der Waals surface area contributed by atoms with Crippen LogP contribution in [0.4, 0.5) is 10.5 Å². The molecule has 4 aromatic rings. The van der Waals surface area contributed by atoms with Gasteiger partial charge in [0.1, 0.15) is 10.8 Å². The van der Waals surface area contributed by atoms with Crippen LogP contribution in [0.5, 0.6) is 5.75 Å². The highest BCUT2D eigenvalue weighted by Gasteiger charge is 2.15. The maximum atomic E-state index is 12.5. The van der Waals surface area contributed by atoms with Gasteiger partial charge in [-0.25, -0.2) is 14.6 Å². The van der Waals surface area contributed by atoms with Gasteiger partial charge in [-0.05, 0) is 43.3 Å². The minimum absolute atomic E-state index is 0.00885. The van der Waals surface area contributed by atoms with E-state index in [2.05, 4.69) is 20.7 Å². The molecule has 2 N–H and O–H groups in total. The molecule has 0 saturated heterocycles. The van der Waals surface area contributed by atoms with E-state index in [1.165, 1.54) is 21.9 Å². The van der Waals surface area contributed by atoms with Crippen molar-refractivity contribution in [2.75, 3.05) is 19.0 Å². The Hall–Kier alpha value is -4.25. The summed E-state index contributed by atoms with van der Waals surface area (Å²) in [6.07, 6.45) is 0. The number of fused-ring (bicyclic) bond motifs is 1. The van der Waals surface area contributed by atoms with Crippen molar-refractivity contribution < 1.29 is 19.1 Å². The molecule has 0 aliphatic rings. The molecular weight excluding hydrogens is 458 g/mol. The van der Waals surface area contributed by atoms with E-state index in [4.69, 9.17) is 9.47 Å². The Balaban J connectivity index is 1.47. The Bertz CT molecular complexity index is 1400. The van der Waals surface area contributed by atoms with E-state index < -0.39 is 12.0 Å². The number of urea groups is 1. The molecule has 2 aromatic heterocycles. The molecule has 2 heterocycles. The summed E-state index contributed by atoms with van der Waals surface area (Å²) < 4.78 is 11.4. The van der Waals surface area contributed by atoms with Crippen LogP contribution < -0.4 is 20.9 Å². The fourth-order valence-electron chi connectivity index (χ4n) is 3.11. The Morgan fingerprint density at radius 3 is 2.62 bits per heavy atom. The first-order valence-corrected chi connectivity index (χ1v) is 11.2. The lowest BCUT2D eigenvalue weighted by Crippen LogP contribution is -2.30. The summed E-state index contributed by atoms with van der Waals surface area (Å²) in [5.41, 5.74) is 1.41. The van der Waals surface area contributed by atoms with Crippen molar-refractivity contribution in [2.45, 2.75) is 13.5 Å². The molecule has 0 radical (unpaired) electrons. The number of aromatic nitrogens is 3. The highest BCUT2D eigenvalue weighted by atomic mass is 32.1. The Kier molecular flexibility index (Phi) is 6.83. The normalized spacial score (nSPS) is 10.6. The van der Waals surface area contributed by atoms with Gasteiger partial charge >= 0.3 is 12.0 Å². The predicted octanol–water partition coefficient (Wildman–Crippen LogP) is 3.33. The zero-order valence-corrected chi connectivity index (χ0v) is 19.2. The zero-order chi connectivity index (χ0) is 24.1. The van der Waals surface area contributed by atoms with Crippen molar-refractivity contribution in [3.05, 3.63) is 76.2 Å². The summed E-state index contributed by atoms with van der Waals surface area (Å²) in [5.74, 6) is 0.188. The second kappa shape index (κ2) is 10.1. The molecule has 11 heteroatoms. The van der Waals surface area contributed by atoms with E-state index in [1.807, 2.05) is 24.3 Å². The third-order valence-corrected chi connectivity index (χ3v) is 5.69. The summed E-state index contributed by atoms with van der Waals surface area (Å²) in [6.45, 7) is 1.94. The fraction of sp³-hybridized carbons (Fsp3) is 0.174. The van der Waals surface area contributed by atoms with Gasteiger partial charge in [0.05, 0.1) is 37.2 Å². The number of benzene rings is 2. The van der Waals surface area contributed by atoms with Crippen molar-refractivity contribution >= 4 is 34.0 Å². The van der Waals surface area contributed by atoms with Crippen molar-refractivity contribution in [1.82, 2.24) is 19.9 Å². The van der Waals surface area contributed by atoms with Crippen LogP contribution in [0.15, 0.2) is 59.4 Å². The van der Waals surface area contributed by atoms with Gasteiger partial charge in [-0.15, -0.1) is 0 Å². The Morgan fingerprint density at radius 2 is 1.88 bits per heavy atom. The van der Waals surface area contributed by atoms with Crippen LogP contribution in [-0.4, -0.2) is 40.3 Å². The number of para-hydroxylation sites is 1. The quantitative estimate of drug-likeness (QED) is 0.390. The number of nitrogens with zero attached hydrogens (tertiary/aromatic N) is 3. The monoisotopic (exact) mass is 479 g/mol. The number of hydrogen-bond donors (Lipinski definition) is 2. The Morgan fingerprint density at radius 1 is 1.12 bits per heavy atom. The SMILES string of the molecule is CCOC(=O)c1ccccc1NC(=O)NCc1cc(=O)n2nc(-c3ccc(OC)cc3)sc2n1. The largest absolute Gasteiger partial charge is 0.497 e. The van der Waals surface area contributed by atoms with Crippen LogP contribution in [0, 0.1) is 0 Å². The molecule has 34 heavy (non-hydrogen) atoms. The lowest BCUT2D eigenvalue weighted by molar-refractivity contribution is 0.0527. The molecule has 2 amide bonds. The average Bonchev–Trinajstić information content (AvgIpc) is 3.28. The molecule has 0 bridgehead atoms. The lowest BCUT2D eigenvalue weighted by atomic mass is 10.2. The van der Waals surface area contributed by atoms with E-state index >= 15 is 0 Å². The van der Waals surface area contributed by atoms with Crippen LogP contribution >= 0.6 is 11.3 Å². The first kappa shape index (κ1) is 22.9. The predicted molar refractivity (Wildman–Crippen MR) is 127 cm³/mol. The van der Waals surface area contributed by atoms with E-state index in [-0.39, 0.29) is 24.3 Å². The van der Waals surface area contributed by atoms with Crippen LogP contribution in [-0.2, 0) is 11.3 Å². The van der Waals surface area contributed by atoms with Crippen molar-refractivity contribution in [3.63, 3.8) is 0 Å². The molecule has 174 valence electrons. The van der Waals surface area contributed by atoms with Crippen molar-refractivity contribution in [3.8, 4) is 16.3 Å². The molecule has 0 aliphatic heterocycles. The molecular formula is C23H21N5O5S. The summed E-state index contributed by atoms with van der Waals surface area (Å²) in [5, 5.41) is 10.2. The first-order chi connectivity index (χ1) is 16.5. The maximum absolute atomic E-state index is 12.5. The fourth-order valence-corrected chi connectivity index (χ4v) is 4.04. The highest BCUT2D eigenvalue weighted by Crippen LogP contribution is 2.26. The standard InChI is InChI=1S/C23H21N5O5S/c1-3-33-21(30)17-6-4-5-7-18(17)26-22(31)24-13-15-12-19(29)28-23(25-15)34-20(27-28)14-8-10-16(32-2)11-9-14/h4-12H,3,13H2,1-2H3,(H2,24,26,31). The van der Waals surface area contributed by atoms with Gasteiger partial charge in [0, 0.05) is 11.6 Å². The molecule has 0 unspecified atom stereocenters. The van der Waals surface area contributed by atoms with Gasteiger partial charge in [-0.2, -0.15) is 9.61 Å². The molecule has 0 saturated carbocycles. The number of ether oxygens (including phenoxy) is 2. The number of anilines is 1. The molecule has 0 atom stereocenters. The first-order valence-electron chi connectivity index (χ1n) is 10.3. The number of amides is 2. The number of hydrogen-bond acceptors (Lipinski definition) is 8. The van der Waals surface area contributed by atoms with Gasteiger partial charge in [0.2, 0.25) is 4.96 Å². The van der Waals surface area contributed by atoms with Gasteiger partial charge in [0.25, 0.3) is 5.56 Å². The Labute approximate surface area is 198 Å². The number of esters is 1. The van der Waals surface area contributed by atoms with Crippen LogP contribution in [0.1, 0.15) is 23.0 Å². The average molecular weight is 480 g/mol. The summed E-state index contributed by atoms with van der Waals surface area (Å²) in [6, 6.07) is 14.6. The summed E-state index contributed by atoms with van der Waals surface area (Å²) in [4.78, 5) is 41.9. The van der Waals surface area contributed by atoms with E-state index in [1.54, 1.807) is 38.3 Å². The molecule has 10 nitrogen and oxygen atoms in total.